The average molecular weight is 333 g/mol. The summed E-state index contributed by atoms with van der Waals surface area (Å²) in [6.45, 7) is 10.7. The van der Waals surface area contributed by atoms with Crippen LogP contribution in [0.2, 0.25) is 0 Å². The van der Waals surface area contributed by atoms with Crippen molar-refractivity contribution in [1.82, 2.24) is 15.5 Å². The largest absolute Gasteiger partial charge is 0.497 e. The first kappa shape index (κ1) is 18.7. The highest BCUT2D eigenvalue weighted by atomic mass is 16.5. The molecule has 1 amide bonds. The summed E-state index contributed by atoms with van der Waals surface area (Å²) in [5.74, 6) is 1.54. The smallest absolute Gasteiger partial charge is 0.223 e. The van der Waals surface area contributed by atoms with E-state index in [0.29, 0.717) is 12.5 Å². The van der Waals surface area contributed by atoms with Gasteiger partial charge in [-0.15, -0.1) is 0 Å². The number of nitrogens with one attached hydrogen (secondary N) is 2. The maximum Gasteiger partial charge on any atom is 0.223 e. The van der Waals surface area contributed by atoms with Gasteiger partial charge in [0.2, 0.25) is 5.91 Å². The lowest BCUT2D eigenvalue weighted by Gasteiger charge is -2.33. The fourth-order valence-electron chi connectivity index (χ4n) is 3.21. The highest BCUT2D eigenvalue weighted by Crippen LogP contribution is 2.24. The van der Waals surface area contributed by atoms with Gasteiger partial charge in [-0.1, -0.05) is 32.9 Å². The first-order chi connectivity index (χ1) is 11.6. The van der Waals surface area contributed by atoms with Crippen molar-refractivity contribution >= 4 is 5.91 Å². The number of hydrogen-bond donors (Lipinski definition) is 2. The SMILES string of the molecule is CCN(CC)C(CNC(=O)C(C)C1CNC1)c1cccc(OC)c1. The Labute approximate surface area is 145 Å². The summed E-state index contributed by atoms with van der Waals surface area (Å²) in [4.78, 5) is 14.8. The van der Waals surface area contributed by atoms with Crippen LogP contribution in [0.25, 0.3) is 0 Å². The standard InChI is InChI=1S/C19H31N3O2/c1-5-22(6-2)18(15-8-7-9-17(10-15)24-4)13-21-19(23)14(3)16-11-20-12-16/h7-10,14,16,18,20H,5-6,11-13H2,1-4H3,(H,21,23). The van der Waals surface area contributed by atoms with Crippen LogP contribution < -0.4 is 15.4 Å². The van der Waals surface area contributed by atoms with Crippen molar-refractivity contribution in [2.45, 2.75) is 26.8 Å². The minimum atomic E-state index is 0.0638. The van der Waals surface area contributed by atoms with E-state index in [0.717, 1.165) is 31.9 Å². The second-order valence-corrected chi connectivity index (χ2v) is 6.47. The molecule has 0 bridgehead atoms. The van der Waals surface area contributed by atoms with E-state index >= 15 is 0 Å². The number of carbonyl (C=O) groups is 1. The Kier molecular flexibility index (Phi) is 7.06. The third-order valence-electron chi connectivity index (χ3n) is 5.14. The lowest BCUT2D eigenvalue weighted by molar-refractivity contribution is -0.127. The summed E-state index contributed by atoms with van der Waals surface area (Å²) in [6, 6.07) is 8.29. The van der Waals surface area contributed by atoms with Gasteiger partial charge in [-0.25, -0.2) is 0 Å². The molecule has 5 heteroatoms. The van der Waals surface area contributed by atoms with Crippen molar-refractivity contribution in [2.75, 3.05) is 39.8 Å². The number of carbonyl (C=O) groups excluding carboxylic acids is 1. The molecule has 1 aliphatic rings. The molecule has 134 valence electrons. The lowest BCUT2D eigenvalue weighted by Crippen LogP contribution is -2.50. The Morgan fingerprint density at radius 1 is 1.38 bits per heavy atom. The number of likely N-dealkylation sites (N-methyl/N-ethyl adjacent to an activating group) is 1. The van der Waals surface area contributed by atoms with E-state index in [4.69, 9.17) is 4.74 Å². The van der Waals surface area contributed by atoms with Crippen LogP contribution in [0.1, 0.15) is 32.4 Å². The molecule has 1 aromatic carbocycles. The number of amides is 1. The maximum atomic E-state index is 12.5. The van der Waals surface area contributed by atoms with Crippen LogP contribution in [-0.4, -0.2) is 50.6 Å². The highest BCUT2D eigenvalue weighted by molar-refractivity contribution is 5.78. The predicted octanol–water partition coefficient (Wildman–Crippen LogP) is 2.05. The summed E-state index contributed by atoms with van der Waals surface area (Å²) in [6.07, 6.45) is 0. The Balaban J connectivity index is 2.06. The molecule has 0 aliphatic carbocycles. The van der Waals surface area contributed by atoms with Crippen LogP contribution in [0.3, 0.4) is 0 Å². The van der Waals surface area contributed by atoms with Gasteiger partial charge in [0.25, 0.3) is 0 Å². The first-order valence-corrected chi connectivity index (χ1v) is 8.97. The second kappa shape index (κ2) is 9.04. The van der Waals surface area contributed by atoms with Crippen molar-refractivity contribution < 1.29 is 9.53 Å². The molecule has 0 aromatic heterocycles. The van der Waals surface area contributed by atoms with Crippen LogP contribution >= 0.6 is 0 Å². The van der Waals surface area contributed by atoms with Crippen molar-refractivity contribution in [2.24, 2.45) is 11.8 Å². The van der Waals surface area contributed by atoms with Gasteiger partial charge < -0.3 is 15.4 Å². The van der Waals surface area contributed by atoms with E-state index in [2.05, 4.69) is 41.5 Å². The van der Waals surface area contributed by atoms with E-state index in [1.807, 2.05) is 19.1 Å². The monoisotopic (exact) mass is 333 g/mol. The van der Waals surface area contributed by atoms with Crippen LogP contribution in [0.15, 0.2) is 24.3 Å². The zero-order valence-electron chi connectivity index (χ0n) is 15.3. The van der Waals surface area contributed by atoms with Crippen molar-refractivity contribution in [3.63, 3.8) is 0 Å². The molecule has 2 atom stereocenters. The van der Waals surface area contributed by atoms with Crippen molar-refractivity contribution in [1.29, 1.82) is 0 Å². The molecular weight excluding hydrogens is 302 g/mol. The third kappa shape index (κ3) is 4.48. The average Bonchev–Trinajstić information content (AvgIpc) is 2.56. The van der Waals surface area contributed by atoms with Gasteiger partial charge in [0.05, 0.1) is 13.2 Å². The molecule has 5 nitrogen and oxygen atoms in total. The van der Waals surface area contributed by atoms with Gasteiger partial charge in [0, 0.05) is 12.5 Å². The van der Waals surface area contributed by atoms with E-state index in [-0.39, 0.29) is 17.9 Å². The van der Waals surface area contributed by atoms with Gasteiger partial charge in [-0.05, 0) is 49.8 Å². The van der Waals surface area contributed by atoms with E-state index in [9.17, 15) is 4.79 Å². The topological polar surface area (TPSA) is 53.6 Å². The molecule has 24 heavy (non-hydrogen) atoms. The molecule has 2 rings (SSSR count). The molecule has 1 fully saturated rings. The Hall–Kier alpha value is -1.59. The minimum absolute atomic E-state index is 0.0638. The maximum absolute atomic E-state index is 12.5. The summed E-state index contributed by atoms with van der Waals surface area (Å²) in [7, 11) is 1.68. The fourth-order valence-corrected chi connectivity index (χ4v) is 3.21. The van der Waals surface area contributed by atoms with Crippen molar-refractivity contribution in [3.8, 4) is 5.75 Å². The number of rotatable bonds is 9. The molecule has 1 saturated heterocycles. The molecule has 1 aromatic rings. The van der Waals surface area contributed by atoms with Gasteiger partial charge in [-0.2, -0.15) is 0 Å². The molecule has 0 radical (unpaired) electrons. The Morgan fingerprint density at radius 2 is 2.08 bits per heavy atom. The first-order valence-electron chi connectivity index (χ1n) is 8.97. The van der Waals surface area contributed by atoms with Crippen LogP contribution in [0.4, 0.5) is 0 Å². The van der Waals surface area contributed by atoms with Crippen LogP contribution in [0.5, 0.6) is 5.75 Å². The number of benzene rings is 1. The van der Waals surface area contributed by atoms with E-state index < -0.39 is 0 Å². The lowest BCUT2D eigenvalue weighted by atomic mass is 9.88. The highest BCUT2D eigenvalue weighted by Gasteiger charge is 2.29. The van der Waals surface area contributed by atoms with Crippen LogP contribution in [-0.2, 0) is 4.79 Å². The normalized spacial score (nSPS) is 17.2. The van der Waals surface area contributed by atoms with Gasteiger partial charge >= 0.3 is 0 Å². The fraction of sp³-hybridized carbons (Fsp3) is 0.632. The molecule has 0 saturated carbocycles. The van der Waals surface area contributed by atoms with Gasteiger partial charge in [-0.3, -0.25) is 9.69 Å². The zero-order valence-corrected chi connectivity index (χ0v) is 15.3. The van der Waals surface area contributed by atoms with Gasteiger partial charge in [0.15, 0.2) is 0 Å². The van der Waals surface area contributed by atoms with Crippen molar-refractivity contribution in [3.05, 3.63) is 29.8 Å². The molecule has 2 unspecified atom stereocenters. The molecule has 1 heterocycles. The number of methoxy groups -OCH3 is 1. The van der Waals surface area contributed by atoms with E-state index in [1.165, 1.54) is 5.56 Å². The summed E-state index contributed by atoms with van der Waals surface area (Å²) in [5, 5.41) is 6.40. The Morgan fingerprint density at radius 3 is 2.62 bits per heavy atom. The summed E-state index contributed by atoms with van der Waals surface area (Å²) in [5.41, 5.74) is 1.18. The molecule has 0 spiro atoms. The summed E-state index contributed by atoms with van der Waals surface area (Å²) >= 11 is 0. The quantitative estimate of drug-likeness (QED) is 0.726. The van der Waals surface area contributed by atoms with Gasteiger partial charge in [0.1, 0.15) is 5.75 Å². The number of nitrogens with zero attached hydrogens (tertiary/aromatic N) is 1. The number of ether oxygens (including phenoxy) is 1. The molecule has 1 aliphatic heterocycles. The number of hydrogen-bond acceptors (Lipinski definition) is 4. The zero-order chi connectivity index (χ0) is 17.5. The molecular formula is C19H31N3O2. The molecule has 2 N–H and O–H groups in total. The van der Waals surface area contributed by atoms with E-state index in [1.54, 1.807) is 7.11 Å². The second-order valence-electron chi connectivity index (χ2n) is 6.47. The van der Waals surface area contributed by atoms with Crippen LogP contribution in [0, 0.1) is 11.8 Å². The third-order valence-corrected chi connectivity index (χ3v) is 5.14. The Bertz CT molecular complexity index is 527. The minimum Gasteiger partial charge on any atom is -0.497 e. The predicted molar refractivity (Wildman–Crippen MR) is 97.2 cm³/mol. The summed E-state index contributed by atoms with van der Waals surface area (Å²) < 4.78 is 5.36.